The van der Waals surface area contributed by atoms with Crippen molar-refractivity contribution in [1.29, 1.82) is 0 Å². The Kier molecular flexibility index (Phi) is 5.07. The van der Waals surface area contributed by atoms with Crippen LogP contribution < -0.4 is 10.6 Å². The van der Waals surface area contributed by atoms with Crippen LogP contribution in [0.25, 0.3) is 0 Å². The summed E-state index contributed by atoms with van der Waals surface area (Å²) in [6.45, 7) is 4.06. The molecule has 0 unspecified atom stereocenters. The van der Waals surface area contributed by atoms with Gasteiger partial charge in [0, 0.05) is 5.69 Å². The first-order valence-electron chi connectivity index (χ1n) is 9.00. The molecule has 0 aliphatic heterocycles. The second kappa shape index (κ2) is 7.28. The molecule has 0 atom stereocenters. The van der Waals surface area contributed by atoms with E-state index in [1.54, 1.807) is 12.1 Å². The third-order valence-corrected chi connectivity index (χ3v) is 4.98. The van der Waals surface area contributed by atoms with Gasteiger partial charge in [0.1, 0.15) is 11.2 Å². The Morgan fingerprint density at radius 3 is 2.04 bits per heavy atom. The number of amides is 2. The number of hydrogen-bond acceptors (Lipinski definition) is 2. The summed E-state index contributed by atoms with van der Waals surface area (Å²) in [6.07, 6.45) is 2.51. The van der Waals surface area contributed by atoms with Crippen LogP contribution in [0.2, 0.25) is 0 Å². The average molecular weight is 354 g/mol. The molecule has 5 heteroatoms. The third kappa shape index (κ3) is 3.34. The van der Waals surface area contributed by atoms with Gasteiger partial charge in [-0.1, -0.05) is 44.2 Å². The van der Waals surface area contributed by atoms with E-state index < -0.39 is 17.1 Å². The highest BCUT2D eigenvalue weighted by atomic mass is 19.1. The van der Waals surface area contributed by atoms with E-state index in [9.17, 15) is 14.0 Å². The van der Waals surface area contributed by atoms with E-state index in [4.69, 9.17) is 0 Å². The molecule has 0 bridgehead atoms. The maximum Gasteiger partial charge on any atom is 0.240 e. The molecule has 1 aliphatic rings. The summed E-state index contributed by atoms with van der Waals surface area (Å²) in [5.41, 5.74) is 1.87. The lowest BCUT2D eigenvalue weighted by atomic mass is 10.0. The van der Waals surface area contributed by atoms with E-state index in [1.807, 2.05) is 32.0 Å². The number of carbonyl (C=O) groups is 2. The van der Waals surface area contributed by atoms with Gasteiger partial charge in [0.15, 0.2) is 0 Å². The predicted molar refractivity (Wildman–Crippen MR) is 101 cm³/mol. The lowest BCUT2D eigenvalue weighted by Gasteiger charge is -2.19. The highest BCUT2D eigenvalue weighted by Crippen LogP contribution is 2.48. The Morgan fingerprint density at radius 2 is 1.50 bits per heavy atom. The molecule has 0 aromatic heterocycles. The maximum absolute atomic E-state index is 13.8. The molecule has 3 rings (SSSR count). The number of aryl methyl sites for hydroxylation is 2. The van der Waals surface area contributed by atoms with Crippen molar-refractivity contribution in [3.63, 3.8) is 0 Å². The normalized spacial score (nSPS) is 14.6. The van der Waals surface area contributed by atoms with Crippen LogP contribution in [-0.2, 0) is 22.4 Å². The van der Waals surface area contributed by atoms with Gasteiger partial charge in [0.05, 0.1) is 5.69 Å². The van der Waals surface area contributed by atoms with E-state index in [-0.39, 0.29) is 11.6 Å². The predicted octanol–water partition coefficient (Wildman–Crippen LogP) is 4.31. The molecule has 2 aromatic carbocycles. The molecule has 0 radical (unpaired) electrons. The smallest absolute Gasteiger partial charge is 0.240 e. The molecule has 2 aromatic rings. The monoisotopic (exact) mass is 354 g/mol. The Bertz CT molecular complexity index is 821. The van der Waals surface area contributed by atoms with Gasteiger partial charge in [0.2, 0.25) is 11.8 Å². The first-order valence-corrected chi connectivity index (χ1v) is 9.00. The molecular weight excluding hydrogens is 331 g/mol. The highest BCUT2D eigenvalue weighted by molar-refractivity contribution is 6.17. The number of hydrogen-bond donors (Lipinski definition) is 2. The van der Waals surface area contributed by atoms with Gasteiger partial charge in [-0.05, 0) is 48.9 Å². The largest absolute Gasteiger partial charge is 0.325 e. The minimum absolute atomic E-state index is 0.0970. The van der Waals surface area contributed by atoms with Crippen molar-refractivity contribution in [3.8, 4) is 0 Å². The van der Waals surface area contributed by atoms with Crippen molar-refractivity contribution in [2.45, 2.75) is 39.5 Å². The summed E-state index contributed by atoms with van der Waals surface area (Å²) in [5.74, 6) is -1.28. The van der Waals surface area contributed by atoms with Crippen molar-refractivity contribution in [2.75, 3.05) is 10.6 Å². The van der Waals surface area contributed by atoms with Gasteiger partial charge in [-0.15, -0.1) is 0 Å². The fourth-order valence-corrected chi connectivity index (χ4v) is 3.12. The van der Waals surface area contributed by atoms with Gasteiger partial charge < -0.3 is 10.6 Å². The molecule has 4 nitrogen and oxygen atoms in total. The van der Waals surface area contributed by atoms with Gasteiger partial charge in [0.25, 0.3) is 0 Å². The molecule has 1 saturated carbocycles. The van der Waals surface area contributed by atoms with Gasteiger partial charge in [-0.2, -0.15) is 0 Å². The summed E-state index contributed by atoms with van der Waals surface area (Å²) in [4.78, 5) is 25.5. The van der Waals surface area contributed by atoms with Gasteiger partial charge in [-0.25, -0.2) is 4.39 Å². The summed E-state index contributed by atoms with van der Waals surface area (Å²) in [5, 5.41) is 5.53. The second-order valence-electron chi connectivity index (χ2n) is 6.63. The van der Waals surface area contributed by atoms with E-state index in [1.165, 1.54) is 12.1 Å². The van der Waals surface area contributed by atoms with Gasteiger partial charge >= 0.3 is 0 Å². The number of anilines is 2. The van der Waals surface area contributed by atoms with Crippen molar-refractivity contribution in [2.24, 2.45) is 5.41 Å². The van der Waals surface area contributed by atoms with Gasteiger partial charge in [-0.3, -0.25) is 9.59 Å². The molecule has 26 heavy (non-hydrogen) atoms. The topological polar surface area (TPSA) is 58.2 Å². The number of nitrogens with one attached hydrogen (secondary N) is 2. The van der Waals surface area contributed by atoms with Crippen LogP contribution in [0.15, 0.2) is 42.5 Å². The minimum atomic E-state index is -1.12. The Balaban J connectivity index is 1.80. The summed E-state index contributed by atoms with van der Waals surface area (Å²) >= 11 is 0. The molecule has 136 valence electrons. The van der Waals surface area contributed by atoms with E-state index in [2.05, 4.69) is 10.6 Å². The number of para-hydroxylation sites is 2. The number of carbonyl (C=O) groups excluding carboxylic acids is 2. The number of benzene rings is 2. The van der Waals surface area contributed by atoms with Crippen LogP contribution in [0.1, 0.15) is 37.8 Å². The zero-order valence-corrected chi connectivity index (χ0v) is 15.1. The van der Waals surface area contributed by atoms with Crippen molar-refractivity contribution < 1.29 is 14.0 Å². The molecule has 1 aliphatic carbocycles. The van der Waals surface area contributed by atoms with Crippen molar-refractivity contribution >= 4 is 23.2 Å². The van der Waals surface area contributed by atoms with Crippen LogP contribution in [0, 0.1) is 11.2 Å². The Hall–Kier alpha value is -2.69. The van der Waals surface area contributed by atoms with Crippen LogP contribution in [0.4, 0.5) is 15.8 Å². The fourth-order valence-electron chi connectivity index (χ4n) is 3.12. The lowest BCUT2D eigenvalue weighted by Crippen LogP contribution is -2.36. The van der Waals surface area contributed by atoms with E-state index in [0.717, 1.165) is 29.7 Å². The summed E-state index contributed by atoms with van der Waals surface area (Å²) in [7, 11) is 0. The maximum atomic E-state index is 13.8. The first-order chi connectivity index (χ1) is 12.5. The van der Waals surface area contributed by atoms with E-state index in [0.29, 0.717) is 12.8 Å². The van der Waals surface area contributed by atoms with Crippen LogP contribution in [0.5, 0.6) is 0 Å². The second-order valence-corrected chi connectivity index (χ2v) is 6.63. The van der Waals surface area contributed by atoms with Crippen LogP contribution >= 0.6 is 0 Å². The third-order valence-electron chi connectivity index (χ3n) is 4.98. The number of halogens is 1. The molecule has 0 saturated heterocycles. The SMILES string of the molecule is CCc1cccc(CC)c1NC(=O)C1(C(=O)Nc2ccccc2F)CC1. The molecule has 2 amide bonds. The highest BCUT2D eigenvalue weighted by Gasteiger charge is 2.56. The lowest BCUT2D eigenvalue weighted by molar-refractivity contribution is -0.131. The standard InChI is InChI=1S/C21H23FN2O2/c1-3-14-8-7-9-15(4-2)18(14)24-20(26)21(12-13-21)19(25)23-17-11-6-5-10-16(17)22/h5-11H,3-4,12-13H2,1-2H3,(H,23,25)(H,24,26). The Morgan fingerprint density at radius 1 is 0.923 bits per heavy atom. The minimum Gasteiger partial charge on any atom is -0.325 e. The molecular formula is C21H23FN2O2. The van der Waals surface area contributed by atoms with Crippen LogP contribution in [0.3, 0.4) is 0 Å². The average Bonchev–Trinajstić information content (AvgIpc) is 3.46. The summed E-state index contributed by atoms with van der Waals surface area (Å²) in [6, 6.07) is 11.9. The molecule has 1 fully saturated rings. The van der Waals surface area contributed by atoms with Crippen molar-refractivity contribution in [3.05, 3.63) is 59.4 Å². The molecule has 2 N–H and O–H groups in total. The fraction of sp³-hybridized carbons (Fsp3) is 0.333. The molecule has 0 heterocycles. The van der Waals surface area contributed by atoms with Crippen molar-refractivity contribution in [1.82, 2.24) is 0 Å². The zero-order valence-electron chi connectivity index (χ0n) is 15.1. The Labute approximate surface area is 152 Å². The van der Waals surface area contributed by atoms with E-state index >= 15 is 0 Å². The zero-order chi connectivity index (χ0) is 18.7. The quantitative estimate of drug-likeness (QED) is 0.760. The first kappa shape index (κ1) is 18.1. The van der Waals surface area contributed by atoms with Crippen LogP contribution in [-0.4, -0.2) is 11.8 Å². The summed E-state index contributed by atoms with van der Waals surface area (Å²) < 4.78 is 13.8. The molecule has 0 spiro atoms. The number of rotatable bonds is 6.